The molecule has 2 saturated heterocycles. The third kappa shape index (κ3) is 1.65. The summed E-state index contributed by atoms with van der Waals surface area (Å²) in [5.41, 5.74) is 0. The molecular weight excluding hydrogens is 205 g/mol. The number of hydrogen-bond donors (Lipinski definition) is 0. The standard InChI is InChI=1S/C6H7NO2S2.Na/c8-4-1-5-7(4)2-3(11-5)6(9)10;/h3,5H,1-2H2,(H,9,10);/q;+1/p-1/t3?,5-;/m1./s1. The molecule has 2 aliphatic heterocycles. The summed E-state index contributed by atoms with van der Waals surface area (Å²) in [4.78, 5) is 12.6. The average Bonchev–Trinajstić information content (AvgIpc) is 2.26. The number of thiocarbonyl (C=S) groups is 1. The van der Waals surface area contributed by atoms with Gasteiger partial charge in [-0.15, -0.1) is 24.0 Å². The van der Waals surface area contributed by atoms with Gasteiger partial charge in [0.1, 0.15) is 0 Å². The van der Waals surface area contributed by atoms with Crippen LogP contribution in [-0.4, -0.2) is 33.0 Å². The van der Waals surface area contributed by atoms with Crippen LogP contribution < -0.4 is 34.7 Å². The molecule has 2 rings (SSSR count). The maximum absolute atomic E-state index is 10.8. The van der Waals surface area contributed by atoms with Crippen LogP contribution in [0.5, 0.6) is 0 Å². The molecule has 2 aliphatic rings. The van der Waals surface area contributed by atoms with Gasteiger partial charge in [0.25, 0.3) is 0 Å². The van der Waals surface area contributed by atoms with Crippen LogP contribution in [0.25, 0.3) is 0 Å². The Labute approximate surface area is 102 Å². The van der Waals surface area contributed by atoms with Crippen LogP contribution in [0.4, 0.5) is 0 Å². The monoisotopic (exact) mass is 211 g/mol. The van der Waals surface area contributed by atoms with Crippen molar-refractivity contribution in [2.75, 3.05) is 6.54 Å². The molecule has 1 amide bonds. The van der Waals surface area contributed by atoms with Gasteiger partial charge in [0.15, 0.2) is 0 Å². The second-order valence-corrected chi connectivity index (χ2v) is 4.44. The van der Waals surface area contributed by atoms with Crippen molar-refractivity contribution in [3.8, 4) is 0 Å². The molecule has 0 aromatic rings. The van der Waals surface area contributed by atoms with Gasteiger partial charge in [-0.3, -0.25) is 4.79 Å². The molecule has 0 spiro atoms. The maximum Gasteiger partial charge on any atom is 1.00 e. The number of fused-ring (bicyclic) bond motifs is 1. The molecular formula is C6H6NNaO2S2. The third-order valence-electron chi connectivity index (χ3n) is 1.96. The molecule has 2 heterocycles. The Hall–Kier alpha value is 0.710. The predicted molar refractivity (Wildman–Crippen MR) is 44.1 cm³/mol. The fourth-order valence-corrected chi connectivity index (χ4v) is 2.87. The Bertz CT molecular complexity index is 236. The molecule has 0 bridgehead atoms. The van der Waals surface area contributed by atoms with Gasteiger partial charge in [0.05, 0.1) is 11.8 Å². The van der Waals surface area contributed by atoms with E-state index in [2.05, 4.69) is 12.2 Å². The van der Waals surface area contributed by atoms with Crippen molar-refractivity contribution in [2.24, 2.45) is 0 Å². The molecule has 0 aromatic carbocycles. The minimum Gasteiger partial charge on any atom is -0.867 e. The van der Waals surface area contributed by atoms with Gasteiger partial charge in [0, 0.05) is 11.8 Å². The normalized spacial score (nSPS) is 32.0. The number of carbonyl (C=O) groups excluding carboxylic acids is 1. The summed E-state index contributed by atoms with van der Waals surface area (Å²) in [6.45, 7) is 0.538. The number of thioether (sulfide) groups is 1. The first-order valence-corrected chi connectivity index (χ1v) is 4.69. The summed E-state index contributed by atoms with van der Waals surface area (Å²) < 4.78 is 0. The average molecular weight is 211 g/mol. The molecule has 0 aromatic heterocycles. The third-order valence-corrected chi connectivity index (χ3v) is 3.82. The molecule has 2 fully saturated rings. The molecule has 6 heteroatoms. The molecule has 60 valence electrons. The summed E-state index contributed by atoms with van der Waals surface area (Å²) >= 11 is 6.04. The largest absolute Gasteiger partial charge is 1.00 e. The van der Waals surface area contributed by atoms with Crippen molar-refractivity contribution in [1.82, 2.24) is 4.90 Å². The minimum atomic E-state index is -0.225. The molecule has 12 heavy (non-hydrogen) atoms. The predicted octanol–water partition coefficient (Wildman–Crippen LogP) is -3.65. The molecule has 1 unspecified atom stereocenters. The van der Waals surface area contributed by atoms with Gasteiger partial charge < -0.3 is 10.0 Å². The van der Waals surface area contributed by atoms with E-state index < -0.39 is 0 Å². The van der Waals surface area contributed by atoms with E-state index in [-0.39, 0.29) is 51.1 Å². The Balaban J connectivity index is 0.000000720. The number of rotatable bonds is 1. The van der Waals surface area contributed by atoms with E-state index in [0.29, 0.717) is 13.0 Å². The first-order valence-electron chi connectivity index (χ1n) is 3.34. The van der Waals surface area contributed by atoms with Crippen LogP contribution in [0.1, 0.15) is 6.42 Å². The van der Waals surface area contributed by atoms with Gasteiger partial charge in [0.2, 0.25) is 5.91 Å². The van der Waals surface area contributed by atoms with E-state index in [1.54, 1.807) is 4.90 Å². The van der Waals surface area contributed by atoms with Gasteiger partial charge in [-0.1, -0.05) is 0 Å². The second-order valence-electron chi connectivity index (χ2n) is 2.65. The van der Waals surface area contributed by atoms with E-state index in [4.69, 9.17) is 0 Å². The van der Waals surface area contributed by atoms with Crippen molar-refractivity contribution >= 4 is 34.9 Å². The SMILES string of the molecule is O=C1C[C@H]2SC(C([O-])=S)CN12.[Na+]. The van der Waals surface area contributed by atoms with Gasteiger partial charge in [-0.05, 0) is 5.05 Å². The summed E-state index contributed by atoms with van der Waals surface area (Å²) in [6, 6.07) is 0. The number of amides is 1. The molecule has 0 saturated carbocycles. The van der Waals surface area contributed by atoms with Crippen molar-refractivity contribution in [3.63, 3.8) is 0 Å². The Morgan fingerprint density at radius 2 is 2.42 bits per heavy atom. The van der Waals surface area contributed by atoms with Crippen LogP contribution in [0.2, 0.25) is 0 Å². The molecule has 0 aliphatic carbocycles. The van der Waals surface area contributed by atoms with Gasteiger partial charge >= 0.3 is 29.6 Å². The van der Waals surface area contributed by atoms with E-state index in [1.807, 2.05) is 0 Å². The first kappa shape index (κ1) is 10.8. The number of carbonyl (C=O) groups is 1. The molecule has 0 radical (unpaired) electrons. The molecule has 2 atom stereocenters. The van der Waals surface area contributed by atoms with E-state index in [9.17, 15) is 9.90 Å². The van der Waals surface area contributed by atoms with E-state index in [1.165, 1.54) is 11.8 Å². The van der Waals surface area contributed by atoms with Crippen LogP contribution in [0.3, 0.4) is 0 Å². The Morgan fingerprint density at radius 1 is 1.75 bits per heavy atom. The zero-order chi connectivity index (χ0) is 8.01. The fraction of sp³-hybridized carbons (Fsp3) is 0.667. The Morgan fingerprint density at radius 3 is 2.83 bits per heavy atom. The quantitative estimate of drug-likeness (QED) is 0.255. The smallest absolute Gasteiger partial charge is 0.867 e. The van der Waals surface area contributed by atoms with Gasteiger partial charge in [-0.2, -0.15) is 0 Å². The molecule has 0 N–H and O–H groups in total. The van der Waals surface area contributed by atoms with Crippen molar-refractivity contribution < 1.29 is 39.5 Å². The van der Waals surface area contributed by atoms with Crippen molar-refractivity contribution in [1.29, 1.82) is 0 Å². The minimum absolute atomic E-state index is 0. The number of nitrogens with zero attached hydrogens (tertiary/aromatic N) is 1. The maximum atomic E-state index is 10.8. The van der Waals surface area contributed by atoms with Crippen LogP contribution in [0, 0.1) is 0 Å². The van der Waals surface area contributed by atoms with Crippen molar-refractivity contribution in [3.05, 3.63) is 0 Å². The second kappa shape index (κ2) is 3.84. The van der Waals surface area contributed by atoms with Gasteiger partial charge in [-0.25, -0.2) is 0 Å². The Kier molecular flexibility index (Phi) is 3.45. The molecule has 3 nitrogen and oxygen atoms in total. The topological polar surface area (TPSA) is 43.4 Å². The zero-order valence-electron chi connectivity index (χ0n) is 6.65. The van der Waals surface area contributed by atoms with Crippen LogP contribution >= 0.6 is 24.0 Å². The zero-order valence-corrected chi connectivity index (χ0v) is 10.3. The summed E-state index contributed by atoms with van der Waals surface area (Å²) in [5, 5.41) is 10.6. The summed E-state index contributed by atoms with van der Waals surface area (Å²) in [5.74, 6) is 0.154. The van der Waals surface area contributed by atoms with Crippen LogP contribution in [-0.2, 0) is 4.79 Å². The number of β-lactam (4-membered cyclic amide) rings is 1. The fourth-order valence-electron chi connectivity index (χ4n) is 1.31. The van der Waals surface area contributed by atoms with Crippen LogP contribution in [0.15, 0.2) is 0 Å². The number of hydrogen-bond acceptors (Lipinski definition) is 4. The van der Waals surface area contributed by atoms with E-state index in [0.717, 1.165) is 0 Å². The first-order chi connectivity index (χ1) is 5.18. The van der Waals surface area contributed by atoms with E-state index >= 15 is 0 Å². The summed E-state index contributed by atoms with van der Waals surface area (Å²) in [7, 11) is 0. The summed E-state index contributed by atoms with van der Waals surface area (Å²) in [6.07, 6.45) is 0.587. The van der Waals surface area contributed by atoms with Crippen molar-refractivity contribution in [2.45, 2.75) is 17.0 Å².